The Kier molecular flexibility index (Phi) is 5.77. The van der Waals surface area contributed by atoms with E-state index in [4.69, 9.17) is 9.15 Å². The highest BCUT2D eigenvalue weighted by Crippen LogP contribution is 2.32. The van der Waals surface area contributed by atoms with E-state index in [0.29, 0.717) is 26.4 Å². The summed E-state index contributed by atoms with van der Waals surface area (Å²) in [6, 6.07) is 11.0. The first kappa shape index (κ1) is 22.0. The number of carbonyl (C=O) groups is 1. The summed E-state index contributed by atoms with van der Waals surface area (Å²) in [6.07, 6.45) is 3.26. The summed E-state index contributed by atoms with van der Waals surface area (Å²) in [5.41, 5.74) is 2.72. The Hall–Kier alpha value is -3.19. The van der Waals surface area contributed by atoms with E-state index in [1.165, 1.54) is 16.9 Å². The van der Waals surface area contributed by atoms with E-state index >= 15 is 0 Å². The number of ether oxygens (including phenoxy) is 1. The number of hydrogen-bond acceptors (Lipinski definition) is 6. The lowest BCUT2D eigenvalue weighted by molar-refractivity contribution is -0.139. The van der Waals surface area contributed by atoms with Crippen molar-refractivity contribution in [1.29, 1.82) is 0 Å². The normalized spacial score (nSPS) is 16.7. The number of furan rings is 1. The number of carbonyl (C=O) groups excluding carboxylic acids is 1. The minimum atomic E-state index is -0.613. The highest BCUT2D eigenvalue weighted by atomic mass is 32.1. The average Bonchev–Trinajstić information content (AvgIpc) is 3.35. The zero-order valence-electron chi connectivity index (χ0n) is 18.8. The predicted octanol–water partition coefficient (Wildman–Crippen LogP) is 3.69. The molecule has 0 aliphatic carbocycles. The Morgan fingerprint density at radius 1 is 1.25 bits per heavy atom. The number of benzene rings is 1. The van der Waals surface area contributed by atoms with Crippen molar-refractivity contribution in [3.8, 4) is 0 Å². The first-order valence-corrected chi connectivity index (χ1v) is 11.4. The van der Waals surface area contributed by atoms with Gasteiger partial charge in [-0.25, -0.2) is 9.79 Å². The van der Waals surface area contributed by atoms with Gasteiger partial charge in [-0.05, 0) is 42.5 Å². The summed E-state index contributed by atoms with van der Waals surface area (Å²) in [5, 5.41) is 0. The lowest BCUT2D eigenvalue weighted by Crippen LogP contribution is -2.40. The first-order valence-electron chi connectivity index (χ1n) is 10.5. The molecule has 1 aromatic carbocycles. The topological polar surface area (TPSA) is 73.8 Å². The molecule has 7 heteroatoms. The molecule has 1 aliphatic rings. The number of esters is 1. The molecule has 2 aromatic heterocycles. The van der Waals surface area contributed by atoms with Gasteiger partial charge in [0.15, 0.2) is 4.80 Å². The van der Waals surface area contributed by atoms with Crippen LogP contribution in [0.25, 0.3) is 6.08 Å². The molecule has 1 atom stereocenters. The number of nitrogens with zero attached hydrogens (tertiary/aromatic N) is 2. The van der Waals surface area contributed by atoms with Crippen LogP contribution in [0.3, 0.4) is 0 Å². The van der Waals surface area contributed by atoms with Crippen LogP contribution >= 0.6 is 11.3 Å². The standard InChI is InChI=1S/C25H26N2O4S/c1-6-30-23(29)20-15(2)26-24-27(22(28)19(32-24)14-18-8-7-13-31-18)21(20)16-9-11-17(12-10-16)25(3,4)5/h7-14,21H,6H2,1-5H3/b19-14+/t21-/m0/s1. The van der Waals surface area contributed by atoms with Crippen LogP contribution in [-0.4, -0.2) is 17.1 Å². The average molecular weight is 451 g/mol. The Balaban J connectivity index is 1.94. The van der Waals surface area contributed by atoms with Crippen LogP contribution in [0.2, 0.25) is 0 Å². The maximum absolute atomic E-state index is 13.4. The third-order valence-corrected chi connectivity index (χ3v) is 6.41. The maximum Gasteiger partial charge on any atom is 0.338 e. The summed E-state index contributed by atoms with van der Waals surface area (Å²) in [6.45, 7) is 10.2. The highest BCUT2D eigenvalue weighted by Gasteiger charge is 2.33. The lowest BCUT2D eigenvalue weighted by atomic mass is 9.85. The molecule has 0 radical (unpaired) electrons. The fraction of sp³-hybridized carbons (Fsp3) is 0.320. The minimum absolute atomic E-state index is 0.00823. The molecule has 166 valence electrons. The lowest BCUT2D eigenvalue weighted by Gasteiger charge is -2.26. The van der Waals surface area contributed by atoms with Gasteiger partial charge in [-0.2, -0.15) is 0 Å². The number of fused-ring (bicyclic) bond motifs is 1. The molecule has 0 saturated carbocycles. The van der Waals surface area contributed by atoms with Crippen LogP contribution < -0.4 is 14.9 Å². The van der Waals surface area contributed by atoms with Crippen molar-refractivity contribution in [3.63, 3.8) is 0 Å². The third kappa shape index (κ3) is 4.00. The molecule has 0 unspecified atom stereocenters. The van der Waals surface area contributed by atoms with Gasteiger partial charge in [0.2, 0.25) is 0 Å². The SMILES string of the molecule is CCOC(=O)C1=C(C)N=c2s/c(=C/c3ccco3)c(=O)n2[C@H]1c1ccc(C(C)(C)C)cc1. The summed E-state index contributed by atoms with van der Waals surface area (Å²) in [7, 11) is 0. The van der Waals surface area contributed by atoms with Crippen LogP contribution in [0.5, 0.6) is 0 Å². The van der Waals surface area contributed by atoms with Crippen molar-refractivity contribution >= 4 is 23.4 Å². The number of thiazole rings is 1. The Morgan fingerprint density at radius 3 is 2.56 bits per heavy atom. The maximum atomic E-state index is 13.4. The van der Waals surface area contributed by atoms with E-state index in [2.05, 4.69) is 25.8 Å². The van der Waals surface area contributed by atoms with Gasteiger partial charge < -0.3 is 9.15 Å². The second-order valence-electron chi connectivity index (χ2n) is 8.69. The van der Waals surface area contributed by atoms with Crippen molar-refractivity contribution in [2.45, 2.75) is 46.1 Å². The van der Waals surface area contributed by atoms with Gasteiger partial charge in [0, 0.05) is 6.08 Å². The number of hydrogen-bond donors (Lipinski definition) is 0. The number of rotatable bonds is 4. The van der Waals surface area contributed by atoms with Crippen molar-refractivity contribution < 1.29 is 13.9 Å². The second kappa shape index (κ2) is 8.39. The first-order chi connectivity index (χ1) is 15.2. The van der Waals surface area contributed by atoms with Crippen molar-refractivity contribution in [3.05, 3.63) is 90.5 Å². The van der Waals surface area contributed by atoms with Crippen LogP contribution in [0.1, 0.15) is 57.5 Å². The van der Waals surface area contributed by atoms with Crippen LogP contribution in [0, 0.1) is 0 Å². The van der Waals surface area contributed by atoms with Crippen LogP contribution in [0.15, 0.2) is 68.1 Å². The molecule has 0 saturated heterocycles. The van der Waals surface area contributed by atoms with Gasteiger partial charge in [-0.1, -0.05) is 56.4 Å². The Bertz CT molecular complexity index is 1350. The largest absolute Gasteiger partial charge is 0.465 e. The zero-order chi connectivity index (χ0) is 23.0. The Morgan fingerprint density at radius 2 is 1.97 bits per heavy atom. The van der Waals surface area contributed by atoms with Gasteiger partial charge in [0.25, 0.3) is 5.56 Å². The van der Waals surface area contributed by atoms with E-state index in [1.807, 2.05) is 24.3 Å². The van der Waals surface area contributed by atoms with Crippen molar-refractivity contribution in [1.82, 2.24) is 4.57 Å². The molecular formula is C25H26N2O4S. The fourth-order valence-corrected chi connectivity index (χ4v) is 4.80. The molecule has 3 aromatic rings. The van der Waals surface area contributed by atoms with Gasteiger partial charge in [0.1, 0.15) is 5.76 Å². The van der Waals surface area contributed by atoms with Crippen LogP contribution in [0.4, 0.5) is 0 Å². The molecule has 6 nitrogen and oxygen atoms in total. The highest BCUT2D eigenvalue weighted by molar-refractivity contribution is 7.07. The van der Waals surface area contributed by atoms with Gasteiger partial charge >= 0.3 is 5.97 Å². The molecule has 32 heavy (non-hydrogen) atoms. The molecule has 3 heterocycles. The summed E-state index contributed by atoms with van der Waals surface area (Å²) in [5.74, 6) is 0.127. The molecular weight excluding hydrogens is 424 g/mol. The van der Waals surface area contributed by atoms with Crippen molar-refractivity contribution in [2.24, 2.45) is 4.99 Å². The van der Waals surface area contributed by atoms with E-state index in [1.54, 1.807) is 42.9 Å². The zero-order valence-corrected chi connectivity index (χ0v) is 19.7. The molecule has 4 rings (SSSR count). The molecule has 0 fully saturated rings. The smallest absolute Gasteiger partial charge is 0.338 e. The third-order valence-electron chi connectivity index (χ3n) is 5.43. The molecule has 0 bridgehead atoms. The minimum Gasteiger partial charge on any atom is -0.465 e. The second-order valence-corrected chi connectivity index (χ2v) is 9.70. The predicted molar refractivity (Wildman–Crippen MR) is 124 cm³/mol. The summed E-state index contributed by atoms with van der Waals surface area (Å²) in [4.78, 5) is 31.5. The number of allylic oxidation sites excluding steroid dienone is 1. The van der Waals surface area contributed by atoms with E-state index < -0.39 is 12.0 Å². The molecule has 0 amide bonds. The van der Waals surface area contributed by atoms with Crippen LogP contribution in [-0.2, 0) is 14.9 Å². The quantitative estimate of drug-likeness (QED) is 0.569. The summed E-state index contributed by atoms with van der Waals surface area (Å²) >= 11 is 1.28. The van der Waals surface area contributed by atoms with Gasteiger partial charge in [0.05, 0.1) is 34.7 Å². The van der Waals surface area contributed by atoms with Gasteiger partial charge in [-0.15, -0.1) is 0 Å². The molecule has 1 aliphatic heterocycles. The van der Waals surface area contributed by atoms with Gasteiger partial charge in [-0.3, -0.25) is 9.36 Å². The summed E-state index contributed by atoms with van der Waals surface area (Å²) < 4.78 is 12.8. The van der Waals surface area contributed by atoms with E-state index in [9.17, 15) is 9.59 Å². The monoisotopic (exact) mass is 450 g/mol. The van der Waals surface area contributed by atoms with Crippen molar-refractivity contribution in [2.75, 3.05) is 6.61 Å². The molecule has 0 N–H and O–H groups in total. The van der Waals surface area contributed by atoms with E-state index in [0.717, 1.165) is 5.56 Å². The molecule has 0 spiro atoms. The van der Waals surface area contributed by atoms with E-state index in [-0.39, 0.29) is 17.6 Å². The Labute approximate surface area is 190 Å². The fourth-order valence-electron chi connectivity index (χ4n) is 3.77. The number of aromatic nitrogens is 1.